The van der Waals surface area contributed by atoms with E-state index in [-0.39, 0.29) is 30.4 Å². The van der Waals surface area contributed by atoms with E-state index in [0.29, 0.717) is 0 Å². The summed E-state index contributed by atoms with van der Waals surface area (Å²) in [5.74, 6) is -0.287. The van der Waals surface area contributed by atoms with Gasteiger partial charge < -0.3 is 15.2 Å². The van der Waals surface area contributed by atoms with Crippen molar-refractivity contribution >= 4 is 17.7 Å². The number of rotatable bonds is 6. The van der Waals surface area contributed by atoms with Gasteiger partial charge in [-0.1, -0.05) is 0 Å². The molecule has 0 fully saturated rings. The number of thioether (sulfide) groups is 1. The van der Waals surface area contributed by atoms with Crippen LogP contribution in [-0.2, 0) is 9.53 Å². The third-order valence-corrected chi connectivity index (χ3v) is 3.00. The Labute approximate surface area is 83.0 Å². The van der Waals surface area contributed by atoms with Gasteiger partial charge >= 0.3 is 5.97 Å². The highest BCUT2D eigenvalue weighted by Crippen LogP contribution is 2.09. The number of methoxy groups -OCH3 is 1. The van der Waals surface area contributed by atoms with E-state index in [0.717, 1.165) is 0 Å². The molecule has 0 aromatic heterocycles. The van der Waals surface area contributed by atoms with Crippen molar-refractivity contribution in [3.8, 4) is 0 Å². The topological polar surface area (TPSA) is 58.6 Å². The van der Waals surface area contributed by atoms with E-state index in [4.69, 9.17) is 5.11 Å². The third kappa shape index (κ3) is 5.13. The number of ether oxygens (including phenoxy) is 1. The Morgan fingerprint density at radius 1 is 1.69 bits per heavy atom. The number of aliphatic hydroxyl groups is 1. The van der Waals surface area contributed by atoms with Gasteiger partial charge in [0.2, 0.25) is 0 Å². The molecule has 0 spiro atoms. The molecule has 0 radical (unpaired) electrons. The molecular weight excluding hydrogens is 190 g/mol. The zero-order valence-corrected chi connectivity index (χ0v) is 9.06. The van der Waals surface area contributed by atoms with Crippen molar-refractivity contribution in [2.24, 2.45) is 0 Å². The summed E-state index contributed by atoms with van der Waals surface area (Å²) in [5.41, 5.74) is 0. The zero-order valence-electron chi connectivity index (χ0n) is 8.24. The van der Waals surface area contributed by atoms with Crippen molar-refractivity contribution in [3.63, 3.8) is 0 Å². The Morgan fingerprint density at radius 2 is 2.31 bits per heavy atom. The highest BCUT2D eigenvalue weighted by molar-refractivity contribution is 7.99. The maximum Gasteiger partial charge on any atom is 0.319 e. The van der Waals surface area contributed by atoms with E-state index in [1.54, 1.807) is 11.8 Å². The fourth-order valence-electron chi connectivity index (χ4n) is 0.885. The van der Waals surface area contributed by atoms with E-state index in [2.05, 4.69) is 10.1 Å². The normalized spacial score (nSPS) is 15.1. The van der Waals surface area contributed by atoms with E-state index in [9.17, 15) is 4.79 Å². The summed E-state index contributed by atoms with van der Waals surface area (Å²) < 4.78 is 4.48. The number of hydrogen-bond acceptors (Lipinski definition) is 5. The second-order valence-electron chi connectivity index (χ2n) is 2.70. The first-order valence-electron chi connectivity index (χ1n) is 4.09. The number of aliphatic hydroxyl groups excluding tert-OH is 1. The standard InChI is InChI=1S/C8H17NO3S/c1-6(7(5-10)13-3)9-4-8(11)12-2/h6-7,9-10H,4-5H2,1-3H3. The zero-order chi connectivity index (χ0) is 10.3. The molecule has 0 aliphatic heterocycles. The van der Waals surface area contributed by atoms with E-state index < -0.39 is 0 Å². The summed E-state index contributed by atoms with van der Waals surface area (Å²) in [6.07, 6.45) is 1.93. The number of hydrogen-bond donors (Lipinski definition) is 2. The first-order chi connectivity index (χ1) is 6.15. The van der Waals surface area contributed by atoms with Gasteiger partial charge in [0.05, 0.1) is 20.3 Å². The van der Waals surface area contributed by atoms with Gasteiger partial charge in [-0.15, -0.1) is 0 Å². The Morgan fingerprint density at radius 3 is 2.69 bits per heavy atom. The number of esters is 1. The van der Waals surface area contributed by atoms with Crippen LogP contribution in [0.4, 0.5) is 0 Å². The van der Waals surface area contributed by atoms with Crippen LogP contribution in [0.25, 0.3) is 0 Å². The van der Waals surface area contributed by atoms with Crippen molar-refractivity contribution in [1.82, 2.24) is 5.32 Å². The molecule has 78 valence electrons. The SMILES string of the molecule is COC(=O)CNC(C)C(CO)SC. The molecule has 0 rings (SSSR count). The molecule has 0 amide bonds. The Balaban J connectivity index is 3.71. The van der Waals surface area contributed by atoms with Crippen LogP contribution in [-0.4, -0.2) is 48.9 Å². The maximum absolute atomic E-state index is 10.8. The van der Waals surface area contributed by atoms with Gasteiger partial charge in [0, 0.05) is 11.3 Å². The minimum atomic E-state index is -0.287. The second-order valence-corrected chi connectivity index (χ2v) is 3.78. The monoisotopic (exact) mass is 207 g/mol. The lowest BCUT2D eigenvalue weighted by Crippen LogP contribution is -2.40. The molecular formula is C8H17NO3S. The number of nitrogens with one attached hydrogen (secondary N) is 1. The lowest BCUT2D eigenvalue weighted by molar-refractivity contribution is -0.139. The molecule has 0 saturated carbocycles. The van der Waals surface area contributed by atoms with Gasteiger partial charge in [-0.2, -0.15) is 11.8 Å². The molecule has 0 aliphatic carbocycles. The van der Waals surface area contributed by atoms with E-state index >= 15 is 0 Å². The first-order valence-corrected chi connectivity index (χ1v) is 5.38. The van der Waals surface area contributed by atoms with Crippen molar-refractivity contribution in [2.75, 3.05) is 26.5 Å². The highest BCUT2D eigenvalue weighted by Gasteiger charge is 2.15. The Bertz CT molecular complexity index is 150. The maximum atomic E-state index is 10.8. The summed E-state index contributed by atoms with van der Waals surface area (Å²) in [5, 5.41) is 12.0. The van der Waals surface area contributed by atoms with Crippen LogP contribution < -0.4 is 5.32 Å². The number of carbonyl (C=O) groups excluding carboxylic acids is 1. The fraction of sp³-hybridized carbons (Fsp3) is 0.875. The van der Waals surface area contributed by atoms with Gasteiger partial charge in [-0.25, -0.2) is 0 Å². The van der Waals surface area contributed by atoms with Crippen LogP contribution in [0.15, 0.2) is 0 Å². The molecule has 0 heterocycles. The second kappa shape index (κ2) is 7.17. The largest absolute Gasteiger partial charge is 0.468 e. The molecule has 0 saturated heterocycles. The molecule has 5 heteroatoms. The van der Waals surface area contributed by atoms with Crippen LogP contribution >= 0.6 is 11.8 Å². The lowest BCUT2D eigenvalue weighted by Gasteiger charge is -2.20. The summed E-state index contributed by atoms with van der Waals surface area (Å²) in [6.45, 7) is 2.23. The summed E-state index contributed by atoms with van der Waals surface area (Å²) in [7, 11) is 1.35. The smallest absolute Gasteiger partial charge is 0.319 e. The Kier molecular flexibility index (Phi) is 7.03. The molecule has 0 aromatic carbocycles. The molecule has 0 aromatic rings. The summed E-state index contributed by atoms with van der Waals surface area (Å²) in [4.78, 5) is 10.8. The molecule has 0 bridgehead atoms. The third-order valence-electron chi connectivity index (χ3n) is 1.84. The van der Waals surface area contributed by atoms with Crippen molar-refractivity contribution in [3.05, 3.63) is 0 Å². The van der Waals surface area contributed by atoms with Crippen LogP contribution in [0.3, 0.4) is 0 Å². The minimum Gasteiger partial charge on any atom is -0.468 e. The molecule has 2 atom stereocenters. The Hall–Kier alpha value is -0.260. The predicted molar refractivity (Wildman–Crippen MR) is 53.9 cm³/mol. The van der Waals surface area contributed by atoms with E-state index in [1.165, 1.54) is 7.11 Å². The highest BCUT2D eigenvalue weighted by atomic mass is 32.2. The predicted octanol–water partition coefficient (Wildman–Crippen LogP) is -0.139. The average molecular weight is 207 g/mol. The fourth-order valence-corrected chi connectivity index (χ4v) is 1.54. The average Bonchev–Trinajstić information content (AvgIpc) is 2.16. The molecule has 2 unspecified atom stereocenters. The molecule has 4 nitrogen and oxygen atoms in total. The number of carbonyl (C=O) groups is 1. The van der Waals surface area contributed by atoms with Gasteiger partial charge in [-0.3, -0.25) is 4.79 Å². The summed E-state index contributed by atoms with van der Waals surface area (Å²) >= 11 is 1.57. The van der Waals surface area contributed by atoms with E-state index in [1.807, 2.05) is 13.2 Å². The van der Waals surface area contributed by atoms with Crippen LogP contribution in [0.1, 0.15) is 6.92 Å². The van der Waals surface area contributed by atoms with Crippen LogP contribution in [0.2, 0.25) is 0 Å². The minimum absolute atomic E-state index is 0.0964. The van der Waals surface area contributed by atoms with Crippen molar-refractivity contribution < 1.29 is 14.6 Å². The molecule has 2 N–H and O–H groups in total. The van der Waals surface area contributed by atoms with Crippen LogP contribution in [0, 0.1) is 0 Å². The van der Waals surface area contributed by atoms with Crippen molar-refractivity contribution in [2.45, 2.75) is 18.2 Å². The lowest BCUT2D eigenvalue weighted by atomic mass is 10.2. The van der Waals surface area contributed by atoms with Crippen LogP contribution in [0.5, 0.6) is 0 Å². The summed E-state index contributed by atoms with van der Waals surface area (Å²) in [6, 6.07) is 0.0964. The molecule has 13 heavy (non-hydrogen) atoms. The molecule has 0 aliphatic rings. The quantitative estimate of drug-likeness (QED) is 0.594. The first kappa shape index (κ1) is 12.7. The van der Waals surface area contributed by atoms with Gasteiger partial charge in [-0.05, 0) is 13.2 Å². The van der Waals surface area contributed by atoms with Gasteiger partial charge in [0.25, 0.3) is 0 Å². The van der Waals surface area contributed by atoms with Gasteiger partial charge in [0.15, 0.2) is 0 Å². The van der Waals surface area contributed by atoms with Gasteiger partial charge in [0.1, 0.15) is 0 Å². The van der Waals surface area contributed by atoms with Crippen molar-refractivity contribution in [1.29, 1.82) is 0 Å².